The maximum absolute atomic E-state index is 14.7. The molecule has 2 aromatic carbocycles. The van der Waals surface area contributed by atoms with Crippen LogP contribution in [-0.2, 0) is 17.3 Å². The Bertz CT molecular complexity index is 1680. The van der Waals surface area contributed by atoms with E-state index in [1.165, 1.54) is 19.2 Å². The predicted octanol–water partition coefficient (Wildman–Crippen LogP) is 5.03. The number of pyridine rings is 1. The minimum absolute atomic E-state index is 0.149. The second-order valence-corrected chi connectivity index (χ2v) is 11.8. The molecule has 1 aliphatic rings. The molecule has 4 aromatic rings. The molecule has 0 aliphatic heterocycles. The number of hydrogen-bond donors (Lipinski definition) is 3. The number of aryl methyl sites for hydroxylation is 1. The van der Waals surface area contributed by atoms with E-state index in [4.69, 9.17) is 14.7 Å². The van der Waals surface area contributed by atoms with E-state index in [1.54, 1.807) is 18.3 Å². The van der Waals surface area contributed by atoms with Gasteiger partial charge >= 0.3 is 0 Å². The molecule has 0 amide bonds. The van der Waals surface area contributed by atoms with Crippen molar-refractivity contribution in [1.82, 2.24) is 24.6 Å². The molecular weight excluding hydrogens is 574 g/mol. The molecular formula is C31H36F2N6O3S. The number of nitrogens with zero attached hydrogens (tertiary/aromatic N) is 4. The third-order valence-corrected chi connectivity index (χ3v) is 8.56. The van der Waals surface area contributed by atoms with E-state index in [-0.39, 0.29) is 17.1 Å². The summed E-state index contributed by atoms with van der Waals surface area (Å²) in [6.45, 7) is 2.05. The molecule has 2 aromatic heterocycles. The van der Waals surface area contributed by atoms with Gasteiger partial charge in [-0.1, -0.05) is 19.1 Å². The number of aromatic nitrogens is 3. The van der Waals surface area contributed by atoms with Crippen molar-refractivity contribution in [2.45, 2.75) is 57.2 Å². The molecule has 1 unspecified atom stereocenters. The largest absolute Gasteiger partial charge is 0.481 e. The lowest BCUT2D eigenvalue weighted by Crippen LogP contribution is -2.36. The monoisotopic (exact) mass is 610 g/mol. The van der Waals surface area contributed by atoms with Crippen LogP contribution in [0, 0.1) is 11.6 Å². The van der Waals surface area contributed by atoms with Gasteiger partial charge in [-0.3, -0.25) is 4.98 Å². The summed E-state index contributed by atoms with van der Waals surface area (Å²) in [5.74, 6) is -1.29. The Hall–Kier alpha value is -3.74. The Labute approximate surface area is 251 Å². The van der Waals surface area contributed by atoms with Crippen molar-refractivity contribution >= 4 is 27.7 Å². The molecule has 43 heavy (non-hydrogen) atoms. The van der Waals surface area contributed by atoms with Gasteiger partial charge < -0.3 is 15.0 Å². The number of thiol groups is 1. The van der Waals surface area contributed by atoms with Gasteiger partial charge in [0, 0.05) is 23.2 Å². The highest BCUT2D eigenvalue weighted by atomic mass is 32.2. The van der Waals surface area contributed by atoms with Crippen molar-refractivity contribution in [3.05, 3.63) is 77.1 Å². The van der Waals surface area contributed by atoms with Gasteiger partial charge in [0.05, 0.1) is 36.1 Å². The zero-order valence-electron chi connectivity index (χ0n) is 24.6. The zero-order valence-corrected chi connectivity index (χ0v) is 25.5. The van der Waals surface area contributed by atoms with Crippen LogP contribution in [0.5, 0.6) is 5.88 Å². The minimum Gasteiger partial charge on any atom is -0.481 e. The van der Waals surface area contributed by atoms with Gasteiger partial charge in [-0.05, 0) is 87.7 Å². The zero-order chi connectivity index (χ0) is 30.7. The number of benzene rings is 2. The summed E-state index contributed by atoms with van der Waals surface area (Å²) in [6.07, 6.45) is 6.93. The molecule has 12 heteroatoms. The van der Waals surface area contributed by atoms with E-state index in [0.29, 0.717) is 29.6 Å². The Balaban J connectivity index is 1.46. The van der Waals surface area contributed by atoms with Crippen LogP contribution in [0.25, 0.3) is 22.2 Å². The number of ether oxygens (including phenoxy) is 1. The Morgan fingerprint density at radius 1 is 1.07 bits per heavy atom. The van der Waals surface area contributed by atoms with Crippen LogP contribution in [0.15, 0.2) is 48.7 Å². The quantitative estimate of drug-likeness (QED) is 0.215. The lowest BCUT2D eigenvalue weighted by molar-refractivity contribution is 0.221. The minimum atomic E-state index is -3.16. The molecule has 2 heterocycles. The molecule has 5 rings (SSSR count). The number of rotatable bonds is 10. The third kappa shape index (κ3) is 6.76. The van der Waals surface area contributed by atoms with Crippen LogP contribution in [0.1, 0.15) is 55.5 Å². The summed E-state index contributed by atoms with van der Waals surface area (Å²) < 4.78 is 59.7. The average molecular weight is 611 g/mol. The van der Waals surface area contributed by atoms with Crippen LogP contribution < -0.4 is 14.8 Å². The summed E-state index contributed by atoms with van der Waals surface area (Å²) >= 11 is 0. The normalized spacial score (nSPS) is 17.9. The molecule has 1 aliphatic carbocycles. The Morgan fingerprint density at radius 3 is 2.51 bits per heavy atom. The van der Waals surface area contributed by atoms with Crippen LogP contribution >= 0.6 is 0 Å². The molecule has 0 bridgehead atoms. The van der Waals surface area contributed by atoms with Gasteiger partial charge in [0.1, 0.15) is 5.82 Å². The maximum Gasteiger partial charge on any atom is 0.221 e. The third-order valence-electron chi connectivity index (χ3n) is 8.10. The molecule has 1 saturated carbocycles. The summed E-state index contributed by atoms with van der Waals surface area (Å²) in [4.78, 5) is 16.5. The summed E-state index contributed by atoms with van der Waals surface area (Å²) in [5.41, 5.74) is 3.90. The van der Waals surface area contributed by atoms with E-state index in [1.807, 2.05) is 12.1 Å². The van der Waals surface area contributed by atoms with Crippen LogP contribution in [0.3, 0.4) is 0 Å². The average Bonchev–Trinajstić information content (AvgIpc) is 3.00. The van der Waals surface area contributed by atoms with Crippen molar-refractivity contribution in [2.24, 2.45) is 0 Å². The smallest absolute Gasteiger partial charge is 0.221 e. The molecule has 9 nitrogen and oxygen atoms in total. The van der Waals surface area contributed by atoms with Crippen LogP contribution in [0.4, 0.5) is 14.6 Å². The van der Waals surface area contributed by atoms with Crippen molar-refractivity contribution < 1.29 is 21.9 Å². The SMILES string of the molecule is CCc1cc(-c2ccc(C(N[SH](=O)=O)c3cccc(F)c3F)nc2OC)cc2ncc(NC3CCC(N(C)C)CC3)nc12. The van der Waals surface area contributed by atoms with Crippen LogP contribution in [0.2, 0.25) is 0 Å². The molecule has 0 saturated heterocycles. The van der Waals surface area contributed by atoms with Crippen molar-refractivity contribution in [3.63, 3.8) is 0 Å². The Morgan fingerprint density at radius 2 is 1.84 bits per heavy atom. The number of fused-ring (bicyclic) bond motifs is 1. The predicted molar refractivity (Wildman–Crippen MR) is 164 cm³/mol. The van der Waals surface area contributed by atoms with Gasteiger partial charge in [-0.2, -0.15) is 0 Å². The molecule has 0 spiro atoms. The van der Waals surface area contributed by atoms with E-state index in [0.717, 1.165) is 54.2 Å². The highest BCUT2D eigenvalue weighted by Crippen LogP contribution is 2.35. The first kappa shape index (κ1) is 30.7. The number of hydrogen-bond acceptors (Lipinski definition) is 8. The first-order valence-corrected chi connectivity index (χ1v) is 15.5. The van der Waals surface area contributed by atoms with E-state index in [2.05, 4.69) is 40.9 Å². The number of methoxy groups -OCH3 is 1. The van der Waals surface area contributed by atoms with Gasteiger partial charge in [0.25, 0.3) is 0 Å². The second kappa shape index (κ2) is 13.3. The first-order valence-electron chi connectivity index (χ1n) is 14.3. The second-order valence-electron chi connectivity index (χ2n) is 11.0. The highest BCUT2D eigenvalue weighted by molar-refractivity contribution is 7.70. The van der Waals surface area contributed by atoms with Gasteiger partial charge in [0.15, 0.2) is 11.6 Å². The van der Waals surface area contributed by atoms with Crippen LogP contribution in [-0.4, -0.2) is 61.6 Å². The van der Waals surface area contributed by atoms with E-state index >= 15 is 0 Å². The topological polar surface area (TPSA) is 109 Å². The molecule has 0 radical (unpaired) electrons. The standard InChI is InChI=1S/C31H36F2N6O3S/c1-5-18-15-19(16-26-29(18)37-27(17-34-26)35-20-9-11-21(12-10-20)39(2)3)22-13-14-25(36-31(22)42-4)30(38-43(40)41)23-7-6-8-24(32)28(23)33/h6-8,13-17,20-21,30,43H,5,9-12H2,1-4H3,(H,35,37)(H,38,40,41). The molecule has 228 valence electrons. The lowest BCUT2D eigenvalue weighted by atomic mass is 9.90. The first-order chi connectivity index (χ1) is 20.7. The molecule has 2 N–H and O–H groups in total. The van der Waals surface area contributed by atoms with E-state index in [9.17, 15) is 17.2 Å². The van der Waals surface area contributed by atoms with Gasteiger partial charge in [0.2, 0.25) is 16.8 Å². The maximum atomic E-state index is 14.7. The number of anilines is 1. The summed E-state index contributed by atoms with van der Waals surface area (Å²) in [7, 11) is 2.55. The summed E-state index contributed by atoms with van der Waals surface area (Å²) in [6, 6.07) is 10.5. The number of halogens is 2. The van der Waals surface area contributed by atoms with Crippen molar-refractivity contribution in [2.75, 3.05) is 26.5 Å². The molecule has 1 atom stereocenters. The van der Waals surface area contributed by atoms with Gasteiger partial charge in [-0.15, -0.1) is 0 Å². The number of nitrogens with one attached hydrogen (secondary N) is 2. The highest BCUT2D eigenvalue weighted by Gasteiger charge is 2.25. The fraction of sp³-hybridized carbons (Fsp3) is 0.387. The van der Waals surface area contributed by atoms with Crippen molar-refractivity contribution in [1.29, 1.82) is 0 Å². The lowest BCUT2D eigenvalue weighted by Gasteiger charge is -2.33. The van der Waals surface area contributed by atoms with Gasteiger partial charge in [-0.25, -0.2) is 31.9 Å². The fourth-order valence-electron chi connectivity index (χ4n) is 5.76. The fourth-order valence-corrected chi connectivity index (χ4v) is 6.24. The Kier molecular flexibility index (Phi) is 9.48. The van der Waals surface area contributed by atoms with E-state index < -0.39 is 28.6 Å². The van der Waals surface area contributed by atoms with Crippen molar-refractivity contribution in [3.8, 4) is 17.0 Å². The molecule has 1 fully saturated rings. The summed E-state index contributed by atoms with van der Waals surface area (Å²) in [5, 5.41) is 3.58.